The number of carbonyl (C=O) groups excluding carboxylic acids is 1. The van der Waals surface area contributed by atoms with E-state index in [-0.39, 0.29) is 13.2 Å². The van der Waals surface area contributed by atoms with E-state index in [4.69, 9.17) is 18.6 Å². The van der Waals surface area contributed by atoms with Crippen molar-refractivity contribution in [2.75, 3.05) is 20.3 Å². The van der Waals surface area contributed by atoms with Gasteiger partial charge < -0.3 is 18.6 Å². The molecule has 3 rings (SSSR count). The number of esters is 1. The van der Waals surface area contributed by atoms with Crippen LogP contribution in [0.1, 0.15) is 5.56 Å². The first-order valence-electron chi connectivity index (χ1n) is 8.64. The molecule has 0 bridgehead atoms. The second kappa shape index (κ2) is 8.43. The largest absolute Gasteiger partial charge is 0.497 e. The Labute approximate surface area is 162 Å². The number of carbonyl (C=O) groups is 1. The SMILES string of the molecule is C=CCOC(=O)COc1ccc2c(C)c(-c3ccc(OC)cc3)c(=O)oc2c1. The van der Waals surface area contributed by atoms with Gasteiger partial charge in [0, 0.05) is 11.5 Å². The van der Waals surface area contributed by atoms with E-state index < -0.39 is 11.6 Å². The van der Waals surface area contributed by atoms with Gasteiger partial charge in [-0.15, -0.1) is 0 Å². The number of aryl methyl sites for hydroxylation is 1. The third-order valence-electron chi connectivity index (χ3n) is 4.24. The molecule has 144 valence electrons. The molecule has 1 aromatic heterocycles. The summed E-state index contributed by atoms with van der Waals surface area (Å²) in [5, 5.41) is 0.784. The van der Waals surface area contributed by atoms with Crippen LogP contribution in [0, 0.1) is 6.92 Å². The van der Waals surface area contributed by atoms with Gasteiger partial charge >= 0.3 is 11.6 Å². The highest BCUT2D eigenvalue weighted by Gasteiger charge is 2.14. The van der Waals surface area contributed by atoms with E-state index in [9.17, 15) is 9.59 Å². The van der Waals surface area contributed by atoms with Gasteiger partial charge in [-0.1, -0.05) is 24.8 Å². The molecule has 0 unspecified atom stereocenters. The van der Waals surface area contributed by atoms with Crippen LogP contribution >= 0.6 is 0 Å². The average molecular weight is 380 g/mol. The minimum Gasteiger partial charge on any atom is -0.497 e. The zero-order valence-corrected chi connectivity index (χ0v) is 15.7. The topological polar surface area (TPSA) is 75.0 Å². The molecule has 0 atom stereocenters. The van der Waals surface area contributed by atoms with Crippen molar-refractivity contribution < 1.29 is 23.4 Å². The summed E-state index contributed by atoms with van der Waals surface area (Å²) < 4.78 is 20.9. The lowest BCUT2D eigenvalue weighted by Gasteiger charge is -2.10. The van der Waals surface area contributed by atoms with Crippen LogP contribution < -0.4 is 15.1 Å². The Kier molecular flexibility index (Phi) is 5.79. The van der Waals surface area contributed by atoms with Gasteiger partial charge in [-0.05, 0) is 42.3 Å². The molecule has 0 spiro atoms. The third kappa shape index (κ3) is 4.06. The van der Waals surface area contributed by atoms with Gasteiger partial charge in [-0.2, -0.15) is 0 Å². The monoisotopic (exact) mass is 380 g/mol. The fourth-order valence-corrected chi connectivity index (χ4v) is 2.85. The van der Waals surface area contributed by atoms with Gasteiger partial charge in [0.15, 0.2) is 6.61 Å². The zero-order valence-electron chi connectivity index (χ0n) is 15.7. The molecule has 0 aliphatic rings. The van der Waals surface area contributed by atoms with Crippen LogP contribution in [-0.4, -0.2) is 26.3 Å². The first kappa shape index (κ1) is 19.2. The summed E-state index contributed by atoms with van der Waals surface area (Å²) in [7, 11) is 1.59. The number of hydrogen-bond donors (Lipinski definition) is 0. The molecule has 0 aliphatic heterocycles. The smallest absolute Gasteiger partial charge is 0.344 e. The maximum Gasteiger partial charge on any atom is 0.344 e. The van der Waals surface area contributed by atoms with Crippen molar-refractivity contribution in [1.29, 1.82) is 0 Å². The molecule has 3 aromatic rings. The average Bonchev–Trinajstić information content (AvgIpc) is 2.71. The third-order valence-corrected chi connectivity index (χ3v) is 4.24. The van der Waals surface area contributed by atoms with Crippen LogP contribution in [-0.2, 0) is 9.53 Å². The van der Waals surface area contributed by atoms with Gasteiger partial charge in [0.1, 0.15) is 23.7 Å². The molecule has 2 aromatic carbocycles. The molecular weight excluding hydrogens is 360 g/mol. The van der Waals surface area contributed by atoms with E-state index >= 15 is 0 Å². The number of benzene rings is 2. The summed E-state index contributed by atoms with van der Waals surface area (Å²) >= 11 is 0. The molecule has 1 heterocycles. The summed E-state index contributed by atoms with van der Waals surface area (Å²) in [4.78, 5) is 24.1. The van der Waals surface area contributed by atoms with Crippen LogP contribution in [0.15, 0.2) is 64.3 Å². The quantitative estimate of drug-likeness (QED) is 0.352. The van der Waals surface area contributed by atoms with Gasteiger partial charge in [-0.25, -0.2) is 9.59 Å². The number of hydrogen-bond acceptors (Lipinski definition) is 6. The lowest BCUT2D eigenvalue weighted by molar-refractivity contribution is -0.144. The Morgan fingerprint density at radius 1 is 1.14 bits per heavy atom. The van der Waals surface area contributed by atoms with Crippen molar-refractivity contribution in [3.05, 3.63) is 71.1 Å². The highest BCUT2D eigenvalue weighted by molar-refractivity contribution is 5.87. The molecule has 0 amide bonds. The van der Waals surface area contributed by atoms with Crippen molar-refractivity contribution in [1.82, 2.24) is 0 Å². The summed E-state index contributed by atoms with van der Waals surface area (Å²) in [5.41, 5.74) is 1.99. The van der Waals surface area contributed by atoms with Crippen LogP contribution in [0.4, 0.5) is 0 Å². The van der Waals surface area contributed by atoms with Crippen LogP contribution in [0.5, 0.6) is 11.5 Å². The fraction of sp³-hybridized carbons (Fsp3) is 0.182. The van der Waals surface area contributed by atoms with Crippen molar-refractivity contribution in [2.45, 2.75) is 6.92 Å². The Morgan fingerprint density at radius 2 is 1.86 bits per heavy atom. The molecule has 28 heavy (non-hydrogen) atoms. The molecule has 0 saturated carbocycles. The molecular formula is C22H20O6. The van der Waals surface area contributed by atoms with E-state index in [0.29, 0.717) is 22.6 Å². The van der Waals surface area contributed by atoms with E-state index in [0.717, 1.165) is 16.5 Å². The van der Waals surface area contributed by atoms with Crippen molar-refractivity contribution in [2.24, 2.45) is 0 Å². The van der Waals surface area contributed by atoms with E-state index in [1.165, 1.54) is 6.08 Å². The summed E-state index contributed by atoms with van der Waals surface area (Å²) in [6.07, 6.45) is 1.48. The molecule has 0 radical (unpaired) electrons. The summed E-state index contributed by atoms with van der Waals surface area (Å²) in [6, 6.07) is 12.3. The molecule has 0 saturated heterocycles. The first-order valence-corrected chi connectivity index (χ1v) is 8.64. The fourth-order valence-electron chi connectivity index (χ4n) is 2.85. The van der Waals surface area contributed by atoms with E-state index in [2.05, 4.69) is 6.58 Å². The zero-order chi connectivity index (χ0) is 20.1. The Bertz CT molecular complexity index is 1060. The minimum atomic E-state index is -0.507. The van der Waals surface area contributed by atoms with E-state index in [1.807, 2.05) is 19.1 Å². The van der Waals surface area contributed by atoms with Gasteiger partial charge in [-0.3, -0.25) is 0 Å². The molecule has 0 aliphatic carbocycles. The molecule has 6 heteroatoms. The maximum atomic E-state index is 12.6. The number of ether oxygens (including phenoxy) is 3. The Hall–Kier alpha value is -3.54. The van der Waals surface area contributed by atoms with Gasteiger partial charge in [0.25, 0.3) is 0 Å². The Morgan fingerprint density at radius 3 is 2.54 bits per heavy atom. The summed E-state index contributed by atoms with van der Waals surface area (Å²) in [5.74, 6) is 0.607. The van der Waals surface area contributed by atoms with Crippen LogP contribution in [0.3, 0.4) is 0 Å². The summed E-state index contributed by atoms with van der Waals surface area (Å²) in [6.45, 7) is 5.22. The standard InChI is InChI=1S/C22H20O6/c1-4-11-26-20(23)13-27-17-9-10-18-14(2)21(22(24)28-19(18)12-17)15-5-7-16(25-3)8-6-15/h4-10,12H,1,11,13H2,2-3H3. The second-order valence-corrected chi connectivity index (χ2v) is 6.04. The van der Waals surface area contributed by atoms with Crippen LogP contribution in [0.25, 0.3) is 22.1 Å². The highest BCUT2D eigenvalue weighted by Crippen LogP contribution is 2.29. The maximum absolute atomic E-state index is 12.6. The molecule has 6 nitrogen and oxygen atoms in total. The number of rotatable bonds is 7. The number of fused-ring (bicyclic) bond motifs is 1. The van der Waals surface area contributed by atoms with Gasteiger partial charge in [0.05, 0.1) is 12.7 Å². The molecule has 0 fully saturated rings. The minimum absolute atomic E-state index is 0.127. The molecule has 0 N–H and O–H groups in total. The van der Waals surface area contributed by atoms with Crippen LogP contribution in [0.2, 0.25) is 0 Å². The Balaban J connectivity index is 1.90. The van der Waals surface area contributed by atoms with E-state index in [1.54, 1.807) is 37.4 Å². The van der Waals surface area contributed by atoms with Gasteiger partial charge in [0.2, 0.25) is 0 Å². The van der Waals surface area contributed by atoms with Crippen molar-refractivity contribution in [3.8, 4) is 22.6 Å². The van der Waals surface area contributed by atoms with Crippen molar-refractivity contribution in [3.63, 3.8) is 0 Å². The predicted octanol–water partition coefficient (Wildman–Crippen LogP) is 3.89. The first-order chi connectivity index (χ1) is 13.5. The normalized spacial score (nSPS) is 10.5. The lowest BCUT2D eigenvalue weighted by atomic mass is 9.99. The highest BCUT2D eigenvalue weighted by atomic mass is 16.6. The second-order valence-electron chi connectivity index (χ2n) is 6.04. The van der Waals surface area contributed by atoms with Crippen molar-refractivity contribution >= 4 is 16.9 Å². The lowest BCUT2D eigenvalue weighted by Crippen LogP contribution is -2.14. The predicted molar refractivity (Wildman–Crippen MR) is 106 cm³/mol. The number of methoxy groups -OCH3 is 1.